The van der Waals surface area contributed by atoms with Gasteiger partial charge in [0.15, 0.2) is 12.0 Å². The molecule has 14 heavy (non-hydrogen) atoms. The lowest BCUT2D eigenvalue weighted by molar-refractivity contribution is 0.0682. The summed E-state index contributed by atoms with van der Waals surface area (Å²) in [7, 11) is 0. The van der Waals surface area contributed by atoms with Crippen molar-refractivity contribution in [2.24, 2.45) is 0 Å². The van der Waals surface area contributed by atoms with E-state index in [-0.39, 0.29) is 17.7 Å². The van der Waals surface area contributed by atoms with Gasteiger partial charge in [0, 0.05) is 6.42 Å². The molecule has 6 heteroatoms. The van der Waals surface area contributed by atoms with E-state index in [1.54, 1.807) is 0 Å². The van der Waals surface area contributed by atoms with Crippen molar-refractivity contribution in [3.8, 4) is 0 Å². The van der Waals surface area contributed by atoms with Crippen LogP contribution in [-0.4, -0.2) is 25.8 Å². The highest BCUT2D eigenvalue weighted by Gasteiger charge is 2.34. The topological polar surface area (TPSA) is 68.0 Å². The van der Waals surface area contributed by atoms with Crippen molar-refractivity contribution < 1.29 is 14.3 Å². The minimum absolute atomic E-state index is 0.0550. The number of hydrogen-bond donors (Lipinski definition) is 1. The molecule has 0 fully saturated rings. The third kappa shape index (κ3) is 1.18. The van der Waals surface area contributed by atoms with Gasteiger partial charge >= 0.3 is 5.97 Å². The number of alkyl halides is 1. The molecule has 1 aliphatic rings. The molecule has 0 amide bonds. The molecule has 1 aromatic rings. The number of fused-ring (bicyclic) bond motifs is 1. The molecule has 0 aromatic carbocycles. The van der Waals surface area contributed by atoms with Crippen LogP contribution < -0.4 is 0 Å². The third-order valence-corrected chi connectivity index (χ3v) is 2.43. The van der Waals surface area contributed by atoms with Crippen LogP contribution in [-0.2, 0) is 0 Å². The Labute approximate surface area is 79.6 Å². The average Bonchev–Trinajstić information content (AvgIpc) is 2.66. The van der Waals surface area contributed by atoms with E-state index in [4.69, 9.17) is 5.11 Å². The summed E-state index contributed by atoms with van der Waals surface area (Å²) in [5.74, 6) is -1.39. The van der Waals surface area contributed by atoms with Gasteiger partial charge in [-0.25, -0.2) is 18.9 Å². The number of rotatable bonds is 2. The first-order chi connectivity index (χ1) is 6.63. The van der Waals surface area contributed by atoms with Gasteiger partial charge in [-0.15, -0.1) is 5.10 Å². The summed E-state index contributed by atoms with van der Waals surface area (Å²) in [5.41, 5.74) is 0. The summed E-state index contributed by atoms with van der Waals surface area (Å²) in [6.45, 7) is 1.91. The number of aromatic carboxylic acids is 1. The van der Waals surface area contributed by atoms with Gasteiger partial charge in [0.2, 0.25) is 0 Å². The van der Waals surface area contributed by atoms with Crippen molar-refractivity contribution in [3.05, 3.63) is 11.6 Å². The van der Waals surface area contributed by atoms with Crippen molar-refractivity contribution in [2.45, 2.75) is 32.0 Å². The first kappa shape index (κ1) is 9.11. The van der Waals surface area contributed by atoms with Crippen LogP contribution in [0.1, 0.15) is 48.4 Å². The molecule has 76 valence electrons. The Balaban J connectivity index is 2.41. The summed E-state index contributed by atoms with van der Waals surface area (Å²) >= 11 is 0. The maximum Gasteiger partial charge on any atom is 0.375 e. The fourth-order valence-corrected chi connectivity index (χ4v) is 1.69. The molecule has 2 atom stereocenters. The van der Waals surface area contributed by atoms with E-state index in [1.807, 2.05) is 6.92 Å². The Morgan fingerprint density at radius 3 is 3.07 bits per heavy atom. The molecule has 0 saturated heterocycles. The standard InChI is InChI=1S/C8H10FN3O2/c1-2-4-3-5(9)7-10-6(8(13)14)11-12(4)7/h4-5H,2-3H2,1H3,(H,13,14)/t4-,5+/m1/s1. The Kier molecular flexibility index (Phi) is 1.98. The fraction of sp³-hybridized carbons (Fsp3) is 0.625. The SMILES string of the molecule is CC[C@@H]1C[C@H](F)c2nc(C(=O)O)nn21. The van der Waals surface area contributed by atoms with Crippen LogP contribution in [0.2, 0.25) is 0 Å². The summed E-state index contributed by atoms with van der Waals surface area (Å²) < 4.78 is 14.7. The molecule has 2 heterocycles. The zero-order valence-corrected chi connectivity index (χ0v) is 7.64. The molecule has 1 aromatic heterocycles. The van der Waals surface area contributed by atoms with Crippen molar-refractivity contribution in [2.75, 3.05) is 0 Å². The van der Waals surface area contributed by atoms with Gasteiger partial charge in [-0.3, -0.25) is 0 Å². The van der Waals surface area contributed by atoms with Gasteiger partial charge in [-0.2, -0.15) is 0 Å². The smallest absolute Gasteiger partial charge is 0.375 e. The second-order valence-electron chi connectivity index (χ2n) is 3.31. The van der Waals surface area contributed by atoms with E-state index < -0.39 is 12.1 Å². The molecular weight excluding hydrogens is 189 g/mol. The van der Waals surface area contributed by atoms with E-state index in [1.165, 1.54) is 4.68 Å². The van der Waals surface area contributed by atoms with Gasteiger partial charge in [-0.1, -0.05) is 6.92 Å². The highest BCUT2D eigenvalue weighted by Crippen LogP contribution is 2.36. The van der Waals surface area contributed by atoms with Crippen LogP contribution in [0.5, 0.6) is 0 Å². The van der Waals surface area contributed by atoms with Crippen molar-refractivity contribution in [1.82, 2.24) is 14.8 Å². The number of carboxylic acid groups (broad SMARTS) is 1. The predicted molar refractivity (Wildman–Crippen MR) is 44.8 cm³/mol. The van der Waals surface area contributed by atoms with Gasteiger partial charge in [-0.05, 0) is 6.42 Å². The summed E-state index contributed by atoms with van der Waals surface area (Å²) in [4.78, 5) is 14.2. The van der Waals surface area contributed by atoms with Crippen LogP contribution in [0, 0.1) is 0 Å². The number of aromatic nitrogens is 3. The average molecular weight is 199 g/mol. The van der Waals surface area contributed by atoms with Gasteiger partial charge < -0.3 is 5.11 Å². The molecule has 0 aliphatic carbocycles. The highest BCUT2D eigenvalue weighted by atomic mass is 19.1. The van der Waals surface area contributed by atoms with Crippen molar-refractivity contribution >= 4 is 5.97 Å². The largest absolute Gasteiger partial charge is 0.475 e. The van der Waals surface area contributed by atoms with Crippen LogP contribution in [0.15, 0.2) is 0 Å². The van der Waals surface area contributed by atoms with E-state index in [2.05, 4.69) is 10.1 Å². The van der Waals surface area contributed by atoms with Crippen LogP contribution >= 0.6 is 0 Å². The minimum atomic E-state index is -1.21. The van der Waals surface area contributed by atoms with E-state index >= 15 is 0 Å². The Hall–Kier alpha value is -1.46. The fourth-order valence-electron chi connectivity index (χ4n) is 1.69. The molecule has 0 spiro atoms. The monoisotopic (exact) mass is 199 g/mol. The maximum atomic E-state index is 13.3. The molecule has 1 N–H and O–H groups in total. The Morgan fingerprint density at radius 1 is 1.79 bits per heavy atom. The number of nitrogens with zero attached hydrogens (tertiary/aromatic N) is 3. The molecular formula is C8H10FN3O2. The zero-order chi connectivity index (χ0) is 10.3. The lowest BCUT2D eigenvalue weighted by Gasteiger charge is -2.05. The summed E-state index contributed by atoms with van der Waals surface area (Å²) in [5, 5.41) is 12.4. The lowest BCUT2D eigenvalue weighted by atomic mass is 10.1. The molecule has 2 rings (SSSR count). The molecule has 5 nitrogen and oxygen atoms in total. The van der Waals surface area contributed by atoms with Crippen LogP contribution in [0.25, 0.3) is 0 Å². The lowest BCUT2D eigenvalue weighted by Crippen LogP contribution is -2.07. The second kappa shape index (κ2) is 3.04. The molecule has 1 aliphatic heterocycles. The first-order valence-corrected chi connectivity index (χ1v) is 4.47. The molecule has 0 saturated carbocycles. The Morgan fingerprint density at radius 2 is 2.50 bits per heavy atom. The van der Waals surface area contributed by atoms with Gasteiger partial charge in [0.1, 0.15) is 0 Å². The number of carboxylic acids is 1. The predicted octanol–water partition coefficient (Wildman–Crippen LogP) is 1.34. The number of halogens is 1. The Bertz CT molecular complexity index is 377. The van der Waals surface area contributed by atoms with Crippen molar-refractivity contribution in [3.63, 3.8) is 0 Å². The van der Waals surface area contributed by atoms with E-state index in [9.17, 15) is 9.18 Å². The molecule has 0 unspecified atom stereocenters. The summed E-state index contributed by atoms with van der Waals surface area (Å²) in [6.07, 6.45) is -0.0952. The van der Waals surface area contributed by atoms with E-state index in [0.29, 0.717) is 6.42 Å². The minimum Gasteiger partial charge on any atom is -0.475 e. The summed E-state index contributed by atoms with van der Waals surface area (Å²) in [6, 6.07) is -0.0550. The second-order valence-corrected chi connectivity index (χ2v) is 3.31. The maximum absolute atomic E-state index is 13.3. The normalized spacial score (nSPS) is 25.0. The molecule has 0 radical (unpaired) electrons. The number of carbonyl (C=O) groups is 1. The zero-order valence-electron chi connectivity index (χ0n) is 7.64. The quantitative estimate of drug-likeness (QED) is 0.780. The van der Waals surface area contributed by atoms with Crippen molar-refractivity contribution in [1.29, 1.82) is 0 Å². The van der Waals surface area contributed by atoms with Crippen LogP contribution in [0.4, 0.5) is 4.39 Å². The van der Waals surface area contributed by atoms with Crippen LogP contribution in [0.3, 0.4) is 0 Å². The van der Waals surface area contributed by atoms with Gasteiger partial charge in [0.05, 0.1) is 6.04 Å². The molecule has 0 bridgehead atoms. The highest BCUT2D eigenvalue weighted by molar-refractivity contribution is 5.82. The van der Waals surface area contributed by atoms with Gasteiger partial charge in [0.25, 0.3) is 5.82 Å². The third-order valence-electron chi connectivity index (χ3n) is 2.43. The van der Waals surface area contributed by atoms with E-state index in [0.717, 1.165) is 6.42 Å². The first-order valence-electron chi connectivity index (χ1n) is 4.47. The number of hydrogen-bond acceptors (Lipinski definition) is 3.